The van der Waals surface area contributed by atoms with Crippen LogP contribution in [0.2, 0.25) is 12.1 Å². The molecule has 0 heterocycles. The first-order chi connectivity index (χ1) is 9.47. The zero-order chi connectivity index (χ0) is 14.9. The molecule has 0 unspecified atom stereocenters. The molecule has 0 bridgehead atoms. The maximum atomic E-state index is 2.47. The van der Waals surface area contributed by atoms with Crippen LogP contribution in [-0.2, 0) is 20.6 Å². The summed E-state index contributed by atoms with van der Waals surface area (Å²) < 4.78 is 3.95. The Morgan fingerprint density at radius 1 is 0.818 bits per heavy atom. The first kappa shape index (κ1) is 22.6. The van der Waals surface area contributed by atoms with Crippen LogP contribution in [0.3, 0.4) is 0 Å². The summed E-state index contributed by atoms with van der Waals surface area (Å²) in [6, 6.07) is 3.04. The van der Waals surface area contributed by atoms with Gasteiger partial charge in [0.15, 0.2) is 0 Å². The van der Waals surface area contributed by atoms with Gasteiger partial charge in [0, 0.05) is 0 Å². The van der Waals surface area contributed by atoms with Gasteiger partial charge < -0.3 is 24.8 Å². The Bertz CT molecular complexity index is 483. The molecular weight excluding hydrogens is 494 g/mol. The van der Waals surface area contributed by atoms with E-state index >= 15 is 0 Å². The van der Waals surface area contributed by atoms with Gasteiger partial charge in [0.25, 0.3) is 0 Å². The van der Waals surface area contributed by atoms with Crippen molar-refractivity contribution in [3.05, 3.63) is 41.1 Å². The van der Waals surface area contributed by atoms with Crippen molar-refractivity contribution in [1.29, 1.82) is 0 Å². The smallest absolute Gasteiger partial charge is 1.00 e. The van der Waals surface area contributed by atoms with Crippen LogP contribution in [-0.4, -0.2) is 5.98 Å². The van der Waals surface area contributed by atoms with Crippen molar-refractivity contribution in [1.82, 2.24) is 0 Å². The third-order valence-electron chi connectivity index (χ3n) is 4.83. The third-order valence-corrected chi connectivity index (χ3v) is 39.7. The molecule has 0 aromatic heterocycles. The van der Waals surface area contributed by atoms with Crippen LogP contribution >= 0.6 is 0 Å². The minimum Gasteiger partial charge on any atom is -1.00 e. The van der Waals surface area contributed by atoms with E-state index in [1.807, 2.05) is 6.66 Å². The second kappa shape index (κ2) is 9.81. The number of hydrogen-bond donors (Lipinski definition) is 0. The first-order valence-corrected chi connectivity index (χ1v) is 20.1. The van der Waals surface area contributed by atoms with E-state index in [4.69, 9.17) is 0 Å². The van der Waals surface area contributed by atoms with Gasteiger partial charge in [-0.1, -0.05) is 0 Å². The maximum absolute atomic E-state index is 2.47. The molecule has 0 saturated carbocycles. The van der Waals surface area contributed by atoms with Gasteiger partial charge in [0.05, 0.1) is 0 Å². The zero-order valence-corrected chi connectivity index (χ0v) is 21.1. The Morgan fingerprint density at radius 2 is 1.18 bits per heavy atom. The fourth-order valence-corrected chi connectivity index (χ4v) is 39.3. The number of rotatable bonds is 5. The summed E-state index contributed by atoms with van der Waals surface area (Å²) in [7, 11) is 0. The second-order valence-corrected chi connectivity index (χ2v) is 30.4. The summed E-state index contributed by atoms with van der Waals surface area (Å²) in [5.41, 5.74) is 6.55. The van der Waals surface area contributed by atoms with Crippen molar-refractivity contribution in [3.8, 4) is 0 Å². The van der Waals surface area contributed by atoms with Gasteiger partial charge in [0.2, 0.25) is 0 Å². The van der Waals surface area contributed by atoms with E-state index in [0.29, 0.717) is 0 Å². The molecule has 22 heavy (non-hydrogen) atoms. The largest absolute Gasteiger partial charge is 1.00 e. The quantitative estimate of drug-likeness (QED) is 0.432. The van der Waals surface area contributed by atoms with E-state index in [0.717, 1.165) is 0 Å². The molecular formula is C18H29Cl2HfSi. The van der Waals surface area contributed by atoms with Gasteiger partial charge in [0.1, 0.15) is 0 Å². The van der Waals surface area contributed by atoms with Gasteiger partial charge >= 0.3 is 134 Å². The predicted octanol–water partition coefficient (Wildman–Crippen LogP) is -0.376. The minimum atomic E-state index is -1.74. The molecule has 0 aromatic carbocycles. The third kappa shape index (κ3) is 4.81. The van der Waals surface area contributed by atoms with Crippen LogP contribution in [0.4, 0.5) is 0 Å². The maximum Gasteiger partial charge on any atom is -1.00 e. The standard InChI is InChI=1S/2C7H9.C4H11Si.2ClH.Hf/c2*1-6-3-4-7(2)5-6;1-3-5-4-2;;;/h2*5H,3H2,1-2H3;5H,3-4H2,1-2H3;2*1H;/q;;;;;+2/p-2. The molecule has 0 nitrogen and oxygen atoms in total. The number of hydrogen-bond acceptors (Lipinski definition) is 0. The fraction of sp³-hybridized carbons (Fsp3) is 0.556. The summed E-state index contributed by atoms with van der Waals surface area (Å²) in [6.45, 7) is 14.4. The average molecular weight is 523 g/mol. The van der Waals surface area contributed by atoms with Crippen LogP contribution in [0, 0.1) is 0 Å². The van der Waals surface area contributed by atoms with Crippen molar-refractivity contribution in [2.45, 2.75) is 66.5 Å². The van der Waals surface area contributed by atoms with Crippen molar-refractivity contribution in [3.63, 3.8) is 0 Å². The van der Waals surface area contributed by atoms with Gasteiger partial charge in [-0.25, -0.2) is 0 Å². The van der Waals surface area contributed by atoms with E-state index in [1.54, 1.807) is 22.3 Å². The normalized spacial score (nSPS) is 17.4. The predicted molar refractivity (Wildman–Crippen MR) is 90.3 cm³/mol. The molecule has 123 valence electrons. The Labute approximate surface area is 158 Å². The van der Waals surface area contributed by atoms with Crippen LogP contribution in [0.15, 0.2) is 41.1 Å². The molecule has 0 fully saturated rings. The van der Waals surface area contributed by atoms with Gasteiger partial charge in [-0.3, -0.25) is 0 Å². The SMILES string of the molecule is CC[SiH](CC)[Hf+2]([C]1=C(C)C=C(C)C1)[C]1=C(C)C=C(C)C1.[Cl-].[Cl-]. The van der Waals surface area contributed by atoms with Crippen LogP contribution < -0.4 is 24.8 Å². The molecule has 0 N–H and O–H groups in total. The van der Waals surface area contributed by atoms with Crippen molar-refractivity contribution in [2.75, 3.05) is 0 Å². The molecule has 0 spiro atoms. The molecule has 0 saturated heterocycles. The van der Waals surface area contributed by atoms with Crippen LogP contribution in [0.5, 0.6) is 0 Å². The molecule has 2 rings (SSSR count). The molecule has 4 heteroatoms. The van der Waals surface area contributed by atoms with Gasteiger partial charge in [-0.05, 0) is 0 Å². The molecule has 2 aliphatic rings. The molecule has 2 aliphatic carbocycles. The van der Waals surface area contributed by atoms with E-state index in [1.165, 1.54) is 24.9 Å². The topological polar surface area (TPSA) is 0 Å². The molecule has 0 atom stereocenters. The zero-order valence-electron chi connectivity index (χ0n) is 14.8. The Balaban J connectivity index is 0.00000220. The molecule has 0 amide bonds. The van der Waals surface area contributed by atoms with E-state index < -0.39 is 26.6 Å². The fourth-order valence-electron chi connectivity index (χ4n) is 3.84. The Hall–Kier alpha value is 0.627. The summed E-state index contributed by atoms with van der Waals surface area (Å²) >= 11 is -1.74. The summed E-state index contributed by atoms with van der Waals surface area (Å²) in [4.78, 5) is 0. The summed E-state index contributed by atoms with van der Waals surface area (Å²) in [5.74, 6) is -0.514. The van der Waals surface area contributed by atoms with E-state index in [9.17, 15) is 0 Å². The number of halogens is 2. The average Bonchev–Trinajstić information content (AvgIpc) is 2.88. The van der Waals surface area contributed by atoms with Gasteiger partial charge in [-0.2, -0.15) is 0 Å². The second-order valence-electron chi connectivity index (χ2n) is 6.59. The van der Waals surface area contributed by atoms with E-state index in [-0.39, 0.29) is 24.8 Å². The molecule has 0 aromatic rings. The van der Waals surface area contributed by atoms with Crippen molar-refractivity contribution < 1.29 is 45.4 Å². The van der Waals surface area contributed by atoms with Crippen molar-refractivity contribution in [2.24, 2.45) is 0 Å². The molecule has 0 radical (unpaired) electrons. The van der Waals surface area contributed by atoms with E-state index in [2.05, 4.69) is 53.7 Å². The van der Waals surface area contributed by atoms with Crippen molar-refractivity contribution >= 4 is 5.98 Å². The van der Waals surface area contributed by atoms with Crippen LogP contribution in [0.1, 0.15) is 54.4 Å². The minimum absolute atomic E-state index is 0. The molecule has 0 aliphatic heterocycles. The summed E-state index contributed by atoms with van der Waals surface area (Å²) in [5, 5.41) is 0. The first-order valence-electron chi connectivity index (χ1n) is 8.09. The Kier molecular flexibility index (Phi) is 10.1. The summed E-state index contributed by atoms with van der Waals surface area (Å²) in [6.07, 6.45) is 7.60. The number of allylic oxidation sites excluding steroid dienone is 8. The van der Waals surface area contributed by atoms with Crippen LogP contribution in [0.25, 0.3) is 0 Å². The Morgan fingerprint density at radius 3 is 1.41 bits per heavy atom. The monoisotopic (exact) mass is 523 g/mol. The van der Waals surface area contributed by atoms with Gasteiger partial charge in [-0.15, -0.1) is 0 Å².